The highest BCUT2D eigenvalue weighted by molar-refractivity contribution is 6.31. The average Bonchev–Trinajstić information content (AvgIpc) is 3.60. The molecule has 1 amide bonds. The van der Waals surface area contributed by atoms with Crippen LogP contribution >= 0.6 is 11.6 Å². The number of benzene rings is 3. The molecule has 1 aliphatic rings. The zero-order chi connectivity index (χ0) is 28.7. The second kappa shape index (κ2) is 10.7. The molecule has 0 saturated carbocycles. The molecule has 0 saturated heterocycles. The minimum atomic E-state index is -1.07. The summed E-state index contributed by atoms with van der Waals surface area (Å²) in [6, 6.07) is 20.0. The van der Waals surface area contributed by atoms with Crippen molar-refractivity contribution in [2.45, 2.75) is 38.8 Å². The smallest absolute Gasteiger partial charge is 0.303 e. The first-order chi connectivity index (χ1) is 19.8. The molecule has 2 N–H and O–H groups in total. The number of carboxylic acids is 1. The van der Waals surface area contributed by atoms with Crippen LogP contribution in [0, 0.1) is 0 Å². The normalized spacial score (nSPS) is 15.0. The summed E-state index contributed by atoms with van der Waals surface area (Å²) >= 11 is 6.39. The van der Waals surface area contributed by atoms with E-state index in [1.807, 2.05) is 66.3 Å². The summed E-state index contributed by atoms with van der Waals surface area (Å²) in [5, 5.41) is 22.0. The fraction of sp³-hybridized carbons (Fsp3) is 0.194. The minimum Gasteiger partial charge on any atom is -0.481 e. The highest BCUT2D eigenvalue weighted by Crippen LogP contribution is 2.38. The van der Waals surface area contributed by atoms with Crippen LogP contribution in [0.3, 0.4) is 0 Å². The Balaban J connectivity index is 1.52. The molecule has 3 heterocycles. The minimum absolute atomic E-state index is 0.214. The van der Waals surface area contributed by atoms with Crippen LogP contribution in [0.25, 0.3) is 32.9 Å². The molecule has 6 rings (SSSR count). The van der Waals surface area contributed by atoms with E-state index < -0.39 is 17.9 Å². The number of carbonyl (C=O) groups is 2. The molecule has 0 radical (unpaired) electrons. The van der Waals surface area contributed by atoms with Gasteiger partial charge in [-0.25, -0.2) is 5.01 Å². The van der Waals surface area contributed by atoms with Gasteiger partial charge in [-0.15, -0.1) is 0 Å². The molecule has 2 aromatic heterocycles. The van der Waals surface area contributed by atoms with Crippen molar-refractivity contribution in [3.8, 4) is 11.1 Å². The highest BCUT2D eigenvalue weighted by Gasteiger charge is 2.35. The molecule has 1 unspecified atom stereocenters. The Morgan fingerprint density at radius 2 is 1.85 bits per heavy atom. The maximum atomic E-state index is 13.7. The number of pyridine rings is 1. The molecule has 10 heteroatoms. The predicted octanol–water partition coefficient (Wildman–Crippen LogP) is 5.76. The van der Waals surface area contributed by atoms with E-state index in [2.05, 4.69) is 10.1 Å². The SMILES string of the molecule is CCn1cc2cc(C3CC(c4c(-c5ccccc5)c5cc(Cl)ccc5[nH]c4=O)=NN3C(=O)CCC(=O)O)ccc2n1. The average molecular weight is 568 g/mol. The number of hydrazone groups is 1. The third-order valence-electron chi connectivity index (χ3n) is 7.33. The van der Waals surface area contributed by atoms with Crippen molar-refractivity contribution in [3.63, 3.8) is 0 Å². The van der Waals surface area contributed by atoms with Crippen molar-refractivity contribution >= 4 is 51.0 Å². The lowest BCUT2D eigenvalue weighted by Crippen LogP contribution is -2.27. The van der Waals surface area contributed by atoms with Gasteiger partial charge in [0.25, 0.3) is 5.56 Å². The Kier molecular flexibility index (Phi) is 6.88. The number of hydrogen-bond donors (Lipinski definition) is 2. The lowest BCUT2D eigenvalue weighted by molar-refractivity contribution is -0.141. The molecule has 206 valence electrons. The quantitative estimate of drug-likeness (QED) is 0.259. The van der Waals surface area contributed by atoms with E-state index in [9.17, 15) is 19.5 Å². The van der Waals surface area contributed by atoms with E-state index >= 15 is 0 Å². The van der Waals surface area contributed by atoms with Crippen LogP contribution in [0.4, 0.5) is 0 Å². The van der Waals surface area contributed by atoms with E-state index in [0.29, 0.717) is 27.4 Å². The van der Waals surface area contributed by atoms with E-state index in [0.717, 1.165) is 34.0 Å². The summed E-state index contributed by atoms with van der Waals surface area (Å²) in [5.41, 5.74) is 4.20. The fourth-order valence-corrected chi connectivity index (χ4v) is 5.56. The number of carbonyl (C=O) groups excluding carboxylic acids is 1. The van der Waals surface area contributed by atoms with Gasteiger partial charge >= 0.3 is 5.97 Å². The molecule has 9 nitrogen and oxygen atoms in total. The fourth-order valence-electron chi connectivity index (χ4n) is 5.39. The van der Waals surface area contributed by atoms with Crippen LogP contribution in [-0.4, -0.2) is 42.5 Å². The standard InChI is InChI=1S/C31H26ClN5O4/c1-2-36-17-20-14-19(8-10-23(20)34-36)26-16-25(35-37(26)27(38)12-13-28(39)40)30-29(18-6-4-3-5-7-18)22-15-21(32)9-11-24(22)33-31(30)41/h3-11,14-15,17,26H,2,12-13,16H2,1H3,(H,33,41)(H,39,40). The first-order valence-corrected chi connectivity index (χ1v) is 13.7. The number of carboxylic acid groups (broad SMARTS) is 1. The van der Waals surface area contributed by atoms with Crippen molar-refractivity contribution < 1.29 is 14.7 Å². The number of hydrogen-bond acceptors (Lipinski definition) is 5. The van der Waals surface area contributed by atoms with E-state index in [-0.39, 0.29) is 24.8 Å². The van der Waals surface area contributed by atoms with Gasteiger partial charge in [0.15, 0.2) is 0 Å². The van der Waals surface area contributed by atoms with Crippen LogP contribution < -0.4 is 5.56 Å². The second-order valence-corrected chi connectivity index (χ2v) is 10.4. The predicted molar refractivity (Wildman–Crippen MR) is 158 cm³/mol. The van der Waals surface area contributed by atoms with E-state index in [4.69, 9.17) is 16.7 Å². The summed E-state index contributed by atoms with van der Waals surface area (Å²) in [4.78, 5) is 41.3. The zero-order valence-electron chi connectivity index (χ0n) is 22.2. The molecule has 0 aliphatic carbocycles. The third-order valence-corrected chi connectivity index (χ3v) is 7.57. The van der Waals surface area contributed by atoms with Crippen molar-refractivity contribution in [2.75, 3.05) is 0 Å². The van der Waals surface area contributed by atoms with Crippen LogP contribution in [0.15, 0.2) is 82.8 Å². The molecule has 0 bridgehead atoms. The molecule has 5 aromatic rings. The molecular formula is C31H26ClN5O4. The largest absolute Gasteiger partial charge is 0.481 e. The topological polar surface area (TPSA) is 121 Å². The lowest BCUT2D eigenvalue weighted by atomic mass is 9.91. The number of amides is 1. The summed E-state index contributed by atoms with van der Waals surface area (Å²) < 4.78 is 1.84. The van der Waals surface area contributed by atoms with Gasteiger partial charge in [0, 0.05) is 52.5 Å². The number of aromatic nitrogens is 3. The van der Waals surface area contributed by atoms with Crippen molar-refractivity contribution in [1.29, 1.82) is 0 Å². The second-order valence-electron chi connectivity index (χ2n) is 9.96. The van der Waals surface area contributed by atoms with E-state index in [1.165, 1.54) is 5.01 Å². The number of aliphatic carboxylic acids is 1. The van der Waals surface area contributed by atoms with Crippen molar-refractivity contribution in [1.82, 2.24) is 19.8 Å². The van der Waals surface area contributed by atoms with Gasteiger partial charge < -0.3 is 10.1 Å². The first-order valence-electron chi connectivity index (χ1n) is 13.3. The number of nitrogens with zero attached hydrogens (tertiary/aromatic N) is 4. The number of fused-ring (bicyclic) bond motifs is 2. The van der Waals surface area contributed by atoms with Gasteiger partial charge in [0.1, 0.15) is 0 Å². The van der Waals surface area contributed by atoms with Gasteiger partial charge in [-0.3, -0.25) is 19.1 Å². The third kappa shape index (κ3) is 5.00. The van der Waals surface area contributed by atoms with Crippen LogP contribution in [0.2, 0.25) is 5.02 Å². The molecule has 3 aromatic carbocycles. The number of H-pyrrole nitrogens is 1. The maximum Gasteiger partial charge on any atom is 0.303 e. The number of aryl methyl sites for hydroxylation is 1. The summed E-state index contributed by atoms with van der Waals surface area (Å²) in [5.74, 6) is -1.50. The van der Waals surface area contributed by atoms with Gasteiger partial charge in [-0.05, 0) is 48.4 Å². The molecule has 0 spiro atoms. The molecule has 1 aliphatic heterocycles. The monoisotopic (exact) mass is 567 g/mol. The van der Waals surface area contributed by atoms with Crippen LogP contribution in [-0.2, 0) is 16.1 Å². The van der Waals surface area contributed by atoms with Gasteiger partial charge in [-0.2, -0.15) is 10.2 Å². The van der Waals surface area contributed by atoms with Crippen LogP contribution in [0.1, 0.15) is 43.4 Å². The molecule has 0 fully saturated rings. The lowest BCUT2D eigenvalue weighted by Gasteiger charge is -2.22. The molecular weight excluding hydrogens is 542 g/mol. The van der Waals surface area contributed by atoms with Crippen molar-refractivity contribution in [3.05, 3.63) is 99.4 Å². The van der Waals surface area contributed by atoms with Gasteiger partial charge in [0.05, 0.1) is 29.3 Å². The number of rotatable bonds is 7. The van der Waals surface area contributed by atoms with Crippen LogP contribution in [0.5, 0.6) is 0 Å². The first kappa shape index (κ1) is 26.5. The Bertz CT molecular complexity index is 1910. The van der Waals surface area contributed by atoms with Gasteiger partial charge in [0.2, 0.25) is 5.91 Å². The number of nitrogens with one attached hydrogen (secondary N) is 1. The Morgan fingerprint density at radius 1 is 1.05 bits per heavy atom. The van der Waals surface area contributed by atoms with Crippen molar-refractivity contribution in [2.24, 2.45) is 5.10 Å². The van der Waals surface area contributed by atoms with E-state index in [1.54, 1.807) is 18.2 Å². The molecule has 1 atom stereocenters. The Morgan fingerprint density at radius 3 is 2.61 bits per heavy atom. The number of halogens is 1. The van der Waals surface area contributed by atoms with Gasteiger partial charge in [-0.1, -0.05) is 48.0 Å². The maximum absolute atomic E-state index is 13.7. The zero-order valence-corrected chi connectivity index (χ0v) is 22.9. The summed E-state index contributed by atoms with van der Waals surface area (Å²) in [7, 11) is 0. The Hall–Kier alpha value is -4.76. The Labute approximate surface area is 239 Å². The molecule has 41 heavy (non-hydrogen) atoms. The number of aromatic amines is 1. The summed E-state index contributed by atoms with van der Waals surface area (Å²) in [6.45, 7) is 2.73. The highest BCUT2D eigenvalue weighted by atomic mass is 35.5. The summed E-state index contributed by atoms with van der Waals surface area (Å²) in [6.07, 6.45) is 1.67.